The zero-order valence-corrected chi connectivity index (χ0v) is 11.7. The Morgan fingerprint density at radius 1 is 1.43 bits per heavy atom. The lowest BCUT2D eigenvalue weighted by Gasteiger charge is -2.26. The molecule has 7 nitrogen and oxygen atoms in total. The maximum absolute atomic E-state index is 12.1. The van der Waals surface area contributed by atoms with E-state index in [0.29, 0.717) is 32.2 Å². The molecule has 0 spiro atoms. The lowest BCUT2D eigenvalue weighted by molar-refractivity contribution is -0.137. The summed E-state index contributed by atoms with van der Waals surface area (Å²) in [6, 6.07) is 3.72. The molecule has 2 aliphatic heterocycles. The van der Waals surface area contributed by atoms with Gasteiger partial charge in [-0.3, -0.25) is 9.79 Å². The number of ether oxygens (including phenoxy) is 2. The Bertz CT molecular complexity index is 541. The number of carbonyl (C=O) groups is 1. The topological polar surface area (TPSA) is 76.0 Å². The van der Waals surface area contributed by atoms with Crippen LogP contribution in [0.2, 0.25) is 0 Å². The third kappa shape index (κ3) is 3.30. The van der Waals surface area contributed by atoms with Crippen LogP contribution in [-0.2, 0) is 9.53 Å². The fraction of sp³-hybridized carbons (Fsp3) is 0.500. The summed E-state index contributed by atoms with van der Waals surface area (Å²) in [5, 5.41) is 3.18. The second-order valence-electron chi connectivity index (χ2n) is 4.80. The van der Waals surface area contributed by atoms with E-state index < -0.39 is 0 Å². The molecule has 1 amide bonds. The average molecular weight is 290 g/mol. The van der Waals surface area contributed by atoms with Crippen molar-refractivity contribution in [3.63, 3.8) is 0 Å². The second-order valence-corrected chi connectivity index (χ2v) is 4.80. The first-order chi connectivity index (χ1) is 10.3. The van der Waals surface area contributed by atoms with Crippen molar-refractivity contribution in [1.82, 2.24) is 15.2 Å². The van der Waals surface area contributed by atoms with Gasteiger partial charge in [-0.15, -0.1) is 0 Å². The van der Waals surface area contributed by atoms with Gasteiger partial charge in [0.15, 0.2) is 6.61 Å². The van der Waals surface area contributed by atoms with Crippen molar-refractivity contribution in [1.29, 1.82) is 0 Å². The van der Waals surface area contributed by atoms with Gasteiger partial charge in [0, 0.05) is 25.8 Å². The highest BCUT2D eigenvalue weighted by Crippen LogP contribution is 2.16. The first-order valence-electron chi connectivity index (χ1n) is 7.06. The first kappa shape index (κ1) is 13.8. The van der Waals surface area contributed by atoms with Gasteiger partial charge in [-0.1, -0.05) is 0 Å². The summed E-state index contributed by atoms with van der Waals surface area (Å²) in [6.07, 6.45) is 1.65. The fourth-order valence-electron chi connectivity index (χ4n) is 2.30. The van der Waals surface area contributed by atoms with E-state index in [9.17, 15) is 4.79 Å². The second kappa shape index (κ2) is 6.53. The van der Waals surface area contributed by atoms with Gasteiger partial charge in [0.05, 0.1) is 25.3 Å². The molecule has 0 atom stereocenters. The van der Waals surface area contributed by atoms with Crippen LogP contribution in [0.4, 0.5) is 0 Å². The van der Waals surface area contributed by atoms with Gasteiger partial charge in [0.1, 0.15) is 5.84 Å². The number of amidine groups is 1. The van der Waals surface area contributed by atoms with E-state index >= 15 is 0 Å². The molecule has 0 saturated carbocycles. The number of morpholine rings is 1. The minimum Gasteiger partial charge on any atom is -0.467 e. The highest BCUT2D eigenvalue weighted by molar-refractivity contribution is 6.01. The quantitative estimate of drug-likeness (QED) is 0.821. The molecular formula is C14H18N4O3. The predicted molar refractivity (Wildman–Crippen MR) is 76.5 cm³/mol. The summed E-state index contributed by atoms with van der Waals surface area (Å²) in [5.41, 5.74) is 0.796. The van der Waals surface area contributed by atoms with Crippen LogP contribution in [0.25, 0.3) is 0 Å². The summed E-state index contributed by atoms with van der Waals surface area (Å²) < 4.78 is 10.8. The highest BCUT2D eigenvalue weighted by atomic mass is 16.5. The number of hydrogen-bond donors (Lipinski definition) is 1. The van der Waals surface area contributed by atoms with Crippen LogP contribution >= 0.6 is 0 Å². The standard InChI is InChI=1S/C14H18N4O3/c19-12(18-6-8-20-9-7-18)10-21-14-11(2-1-3-17-14)13-15-4-5-16-13/h1-3H,4-10H2,(H,15,16). The maximum Gasteiger partial charge on any atom is 0.260 e. The van der Waals surface area contributed by atoms with E-state index in [0.717, 1.165) is 24.5 Å². The molecule has 21 heavy (non-hydrogen) atoms. The molecule has 3 heterocycles. The summed E-state index contributed by atoms with van der Waals surface area (Å²) in [7, 11) is 0. The Morgan fingerprint density at radius 2 is 2.29 bits per heavy atom. The molecule has 0 radical (unpaired) electrons. The predicted octanol–water partition coefficient (Wildman–Crippen LogP) is -0.331. The minimum atomic E-state index is -0.0452. The Balaban J connectivity index is 1.63. The molecule has 2 aliphatic rings. The maximum atomic E-state index is 12.1. The Labute approximate surface area is 123 Å². The van der Waals surface area contributed by atoms with Crippen molar-refractivity contribution in [2.75, 3.05) is 46.0 Å². The number of aromatic nitrogens is 1. The first-order valence-corrected chi connectivity index (χ1v) is 7.06. The summed E-state index contributed by atoms with van der Waals surface area (Å²) in [4.78, 5) is 22.4. The molecule has 3 rings (SSSR count). The Morgan fingerprint density at radius 3 is 3.05 bits per heavy atom. The van der Waals surface area contributed by atoms with Crippen molar-refractivity contribution >= 4 is 11.7 Å². The van der Waals surface area contributed by atoms with Crippen LogP contribution in [0.15, 0.2) is 23.3 Å². The van der Waals surface area contributed by atoms with E-state index in [2.05, 4.69) is 15.3 Å². The van der Waals surface area contributed by atoms with Gasteiger partial charge >= 0.3 is 0 Å². The number of aliphatic imine (C=N–C) groups is 1. The smallest absolute Gasteiger partial charge is 0.260 e. The largest absolute Gasteiger partial charge is 0.467 e. The van der Waals surface area contributed by atoms with Gasteiger partial charge in [-0.2, -0.15) is 0 Å². The number of nitrogens with zero attached hydrogens (tertiary/aromatic N) is 3. The number of rotatable bonds is 4. The number of nitrogens with one attached hydrogen (secondary N) is 1. The average Bonchev–Trinajstić information content (AvgIpc) is 3.08. The van der Waals surface area contributed by atoms with Crippen molar-refractivity contribution in [2.24, 2.45) is 4.99 Å². The third-order valence-electron chi connectivity index (χ3n) is 3.40. The minimum absolute atomic E-state index is 0.0166. The molecular weight excluding hydrogens is 272 g/mol. The van der Waals surface area contributed by atoms with Gasteiger partial charge < -0.3 is 19.7 Å². The molecule has 0 aromatic carbocycles. The van der Waals surface area contributed by atoms with Crippen LogP contribution in [-0.4, -0.2) is 67.6 Å². The van der Waals surface area contributed by atoms with Gasteiger partial charge in [-0.25, -0.2) is 4.98 Å². The van der Waals surface area contributed by atoms with Crippen LogP contribution < -0.4 is 10.1 Å². The summed E-state index contributed by atoms with van der Waals surface area (Å²) in [6.45, 7) is 3.95. The van der Waals surface area contributed by atoms with Crippen LogP contribution in [0.5, 0.6) is 5.88 Å². The molecule has 1 fully saturated rings. The zero-order chi connectivity index (χ0) is 14.5. The molecule has 112 valence electrons. The molecule has 0 bridgehead atoms. The van der Waals surface area contributed by atoms with Crippen LogP contribution in [0.1, 0.15) is 5.56 Å². The van der Waals surface area contributed by atoms with Crippen molar-refractivity contribution in [2.45, 2.75) is 0 Å². The molecule has 7 heteroatoms. The lowest BCUT2D eigenvalue weighted by Crippen LogP contribution is -2.43. The van der Waals surface area contributed by atoms with E-state index in [4.69, 9.17) is 9.47 Å². The van der Waals surface area contributed by atoms with Crippen LogP contribution in [0, 0.1) is 0 Å². The summed E-state index contributed by atoms with van der Waals surface area (Å²) >= 11 is 0. The van der Waals surface area contributed by atoms with Gasteiger partial charge in [-0.05, 0) is 12.1 Å². The van der Waals surface area contributed by atoms with Gasteiger partial charge in [0.2, 0.25) is 5.88 Å². The van der Waals surface area contributed by atoms with Crippen molar-refractivity contribution in [3.05, 3.63) is 23.9 Å². The monoisotopic (exact) mass is 290 g/mol. The normalized spacial score (nSPS) is 18.1. The summed E-state index contributed by atoms with van der Waals surface area (Å²) in [5.74, 6) is 1.17. The van der Waals surface area contributed by atoms with E-state index in [1.807, 2.05) is 12.1 Å². The molecule has 0 aliphatic carbocycles. The number of hydrogen-bond acceptors (Lipinski definition) is 6. The zero-order valence-electron chi connectivity index (χ0n) is 11.7. The Kier molecular flexibility index (Phi) is 4.30. The van der Waals surface area contributed by atoms with E-state index in [1.165, 1.54) is 0 Å². The van der Waals surface area contributed by atoms with Crippen LogP contribution in [0.3, 0.4) is 0 Å². The molecule has 1 aromatic heterocycles. The molecule has 1 aromatic rings. The van der Waals surface area contributed by atoms with E-state index in [-0.39, 0.29) is 12.5 Å². The Hall–Kier alpha value is -2.15. The van der Waals surface area contributed by atoms with Gasteiger partial charge in [0.25, 0.3) is 5.91 Å². The number of carbonyl (C=O) groups excluding carboxylic acids is 1. The van der Waals surface area contributed by atoms with E-state index in [1.54, 1.807) is 11.1 Å². The highest BCUT2D eigenvalue weighted by Gasteiger charge is 2.19. The number of pyridine rings is 1. The molecule has 1 saturated heterocycles. The molecule has 1 N–H and O–H groups in total. The SMILES string of the molecule is O=C(COc1ncccc1C1=NCCN1)N1CCOCC1. The number of amides is 1. The lowest BCUT2D eigenvalue weighted by atomic mass is 10.2. The third-order valence-corrected chi connectivity index (χ3v) is 3.40. The van der Waals surface area contributed by atoms with Crippen molar-refractivity contribution < 1.29 is 14.3 Å². The molecule has 0 unspecified atom stereocenters. The fourth-order valence-corrected chi connectivity index (χ4v) is 2.30. The van der Waals surface area contributed by atoms with Crippen molar-refractivity contribution in [3.8, 4) is 5.88 Å².